The van der Waals surface area contributed by atoms with Gasteiger partial charge in [0.2, 0.25) is 5.43 Å². The average Bonchev–Trinajstić information content (AvgIpc) is 3.69. The molecule has 1 aromatic carbocycles. The first-order valence-electron chi connectivity index (χ1n) is 11.3. The lowest BCUT2D eigenvalue weighted by molar-refractivity contribution is -0.178. The summed E-state index contributed by atoms with van der Waals surface area (Å²) in [6.07, 6.45) is 0.134. The number of hydrogen-bond acceptors (Lipinski definition) is 5. The summed E-state index contributed by atoms with van der Waals surface area (Å²) < 4.78 is 64.1. The Morgan fingerprint density at radius 3 is 2.50 bits per heavy atom. The molecule has 34 heavy (non-hydrogen) atoms. The Morgan fingerprint density at radius 1 is 1.24 bits per heavy atom. The lowest BCUT2D eigenvalue weighted by atomic mass is 9.95. The number of carboxylic acids is 1. The molecule has 0 amide bonds. The van der Waals surface area contributed by atoms with Gasteiger partial charge in [-0.3, -0.25) is 4.79 Å². The van der Waals surface area contributed by atoms with Crippen molar-refractivity contribution in [1.29, 1.82) is 0 Å². The first-order valence-corrected chi connectivity index (χ1v) is 11.3. The molecule has 2 atom stereocenters. The van der Waals surface area contributed by atoms with Crippen LogP contribution in [0.2, 0.25) is 0 Å². The van der Waals surface area contributed by atoms with Crippen LogP contribution >= 0.6 is 0 Å². The minimum absolute atomic E-state index is 0.0243. The van der Waals surface area contributed by atoms with Crippen molar-refractivity contribution in [2.75, 3.05) is 31.6 Å². The van der Waals surface area contributed by atoms with Crippen molar-refractivity contribution >= 4 is 22.6 Å². The lowest BCUT2D eigenvalue weighted by Gasteiger charge is -2.25. The van der Waals surface area contributed by atoms with Crippen LogP contribution in [0.5, 0.6) is 5.75 Å². The summed E-state index contributed by atoms with van der Waals surface area (Å²) in [6, 6.07) is 1.08. The average molecular weight is 483 g/mol. The number of anilines is 1. The van der Waals surface area contributed by atoms with E-state index in [-0.39, 0.29) is 47.5 Å². The van der Waals surface area contributed by atoms with Gasteiger partial charge in [-0.2, -0.15) is 13.2 Å². The fraction of sp³-hybridized carbons (Fsp3) is 0.565. The number of aromatic nitrogens is 1. The van der Waals surface area contributed by atoms with E-state index in [0.29, 0.717) is 0 Å². The quantitative estimate of drug-likeness (QED) is 0.587. The molecule has 1 aromatic heterocycles. The van der Waals surface area contributed by atoms with Crippen molar-refractivity contribution in [3.05, 3.63) is 33.9 Å². The van der Waals surface area contributed by atoms with Crippen LogP contribution in [0.1, 0.15) is 42.1 Å². The van der Waals surface area contributed by atoms with Gasteiger partial charge in [-0.25, -0.2) is 9.18 Å². The minimum atomic E-state index is -4.45. The molecular weight excluding hydrogens is 458 g/mol. The number of carboxylic acid groups (broad SMARTS) is 1. The maximum absolute atomic E-state index is 15.4. The predicted octanol–water partition coefficient (Wildman–Crippen LogP) is 3.55. The number of alkyl halides is 3. The first kappa shape index (κ1) is 22.9. The predicted molar refractivity (Wildman–Crippen MR) is 116 cm³/mol. The fourth-order valence-corrected chi connectivity index (χ4v) is 4.96. The molecule has 3 aliphatic rings. The summed E-state index contributed by atoms with van der Waals surface area (Å²) in [5.41, 5.74) is -1.27. The Kier molecular flexibility index (Phi) is 5.50. The SMILES string of the molecule is COc1c(N2C[C@@H](CNC3CC3)[C@H](C(F)(F)F)C2)c(F)cc2c(=O)c(C(=O)O)cn(C3CC3)c12. The zero-order chi connectivity index (χ0) is 24.4. The van der Waals surface area contributed by atoms with Crippen molar-refractivity contribution in [1.82, 2.24) is 9.88 Å². The van der Waals surface area contributed by atoms with Gasteiger partial charge in [-0.1, -0.05) is 0 Å². The molecule has 3 fully saturated rings. The molecule has 0 unspecified atom stereocenters. The van der Waals surface area contributed by atoms with E-state index < -0.39 is 47.3 Å². The number of rotatable bonds is 7. The van der Waals surface area contributed by atoms with Gasteiger partial charge in [-0.05, 0) is 31.7 Å². The Labute approximate surface area is 192 Å². The number of benzene rings is 1. The van der Waals surface area contributed by atoms with E-state index in [0.717, 1.165) is 31.7 Å². The molecule has 2 heterocycles. The number of halogens is 4. The summed E-state index contributed by atoms with van der Waals surface area (Å²) in [7, 11) is 1.27. The molecule has 2 aliphatic carbocycles. The number of methoxy groups -OCH3 is 1. The van der Waals surface area contributed by atoms with Crippen LogP contribution in [0.3, 0.4) is 0 Å². The van der Waals surface area contributed by atoms with E-state index in [2.05, 4.69) is 5.32 Å². The molecule has 0 spiro atoms. The Hall–Kier alpha value is -2.82. The van der Waals surface area contributed by atoms with Gasteiger partial charge >= 0.3 is 12.1 Å². The highest BCUT2D eigenvalue weighted by atomic mass is 19.4. The van der Waals surface area contributed by atoms with Crippen molar-refractivity contribution in [2.24, 2.45) is 11.8 Å². The summed E-state index contributed by atoms with van der Waals surface area (Å²) in [5.74, 6) is -4.79. The normalized spacial score (nSPS) is 23.0. The molecule has 184 valence electrons. The van der Waals surface area contributed by atoms with Crippen LogP contribution in [-0.2, 0) is 0 Å². The van der Waals surface area contributed by atoms with E-state index >= 15 is 4.39 Å². The standard InChI is InChI=1S/C23H25F4N3O4/c1-34-21-18-14(20(31)15(22(32)33)9-30(18)13-4-5-13)6-17(24)19(21)29-8-11(7-28-12-2-3-12)16(10-29)23(25,26)27/h6,9,11-13,16,28H,2-5,7-8,10H2,1H3,(H,32,33)/t11-,16-/m1/s1. The maximum Gasteiger partial charge on any atom is 0.393 e. The van der Waals surface area contributed by atoms with Crippen molar-refractivity contribution in [2.45, 2.75) is 43.9 Å². The molecule has 11 heteroatoms. The second kappa shape index (κ2) is 8.14. The molecule has 0 bridgehead atoms. The summed E-state index contributed by atoms with van der Waals surface area (Å²) >= 11 is 0. The number of hydrogen-bond donors (Lipinski definition) is 2. The molecular formula is C23H25F4N3O4. The van der Waals surface area contributed by atoms with Gasteiger partial charge in [0.25, 0.3) is 0 Å². The molecule has 0 radical (unpaired) electrons. The number of ether oxygens (including phenoxy) is 1. The summed E-state index contributed by atoms with van der Waals surface area (Å²) in [5, 5.41) is 12.4. The van der Waals surface area contributed by atoms with E-state index in [1.807, 2.05) is 0 Å². The van der Waals surface area contributed by atoms with Crippen LogP contribution in [-0.4, -0.2) is 54.6 Å². The molecule has 5 rings (SSSR count). The van der Waals surface area contributed by atoms with Gasteiger partial charge in [0.15, 0.2) is 11.6 Å². The third-order valence-corrected chi connectivity index (χ3v) is 7.00. The van der Waals surface area contributed by atoms with Gasteiger partial charge < -0.3 is 24.6 Å². The zero-order valence-electron chi connectivity index (χ0n) is 18.5. The lowest BCUT2D eigenvalue weighted by Crippen LogP contribution is -2.36. The van der Waals surface area contributed by atoms with Crippen LogP contribution in [0.4, 0.5) is 23.2 Å². The zero-order valence-corrected chi connectivity index (χ0v) is 18.5. The number of carbonyl (C=O) groups is 1. The van der Waals surface area contributed by atoms with Crippen LogP contribution < -0.4 is 20.4 Å². The van der Waals surface area contributed by atoms with Crippen LogP contribution in [0, 0.1) is 17.7 Å². The van der Waals surface area contributed by atoms with Crippen molar-refractivity contribution < 1.29 is 32.2 Å². The van der Waals surface area contributed by atoms with Gasteiger partial charge in [0.1, 0.15) is 11.3 Å². The second-order valence-corrected chi connectivity index (χ2v) is 9.45. The van der Waals surface area contributed by atoms with Gasteiger partial charge in [-0.15, -0.1) is 0 Å². The molecule has 1 saturated heterocycles. The fourth-order valence-electron chi connectivity index (χ4n) is 4.96. The van der Waals surface area contributed by atoms with E-state index in [4.69, 9.17) is 4.74 Å². The molecule has 2 aromatic rings. The molecule has 1 aliphatic heterocycles. The molecule has 7 nitrogen and oxygen atoms in total. The van der Waals surface area contributed by atoms with Crippen molar-refractivity contribution in [3.63, 3.8) is 0 Å². The molecule has 2 N–H and O–H groups in total. The van der Waals surface area contributed by atoms with E-state index in [1.165, 1.54) is 18.2 Å². The minimum Gasteiger partial charge on any atom is -0.492 e. The number of fused-ring (bicyclic) bond motifs is 1. The number of aromatic carboxylic acids is 1. The largest absolute Gasteiger partial charge is 0.492 e. The highest BCUT2D eigenvalue weighted by Gasteiger charge is 2.50. The first-order chi connectivity index (χ1) is 16.1. The number of pyridine rings is 1. The van der Waals surface area contributed by atoms with Crippen molar-refractivity contribution in [3.8, 4) is 5.75 Å². The summed E-state index contributed by atoms with van der Waals surface area (Å²) in [4.78, 5) is 25.8. The maximum atomic E-state index is 15.4. The van der Waals surface area contributed by atoms with Gasteiger partial charge in [0, 0.05) is 43.8 Å². The van der Waals surface area contributed by atoms with Crippen LogP contribution in [0.25, 0.3) is 10.9 Å². The number of nitrogens with one attached hydrogen (secondary N) is 1. The molecule has 2 saturated carbocycles. The van der Waals surface area contributed by atoms with Crippen LogP contribution in [0.15, 0.2) is 17.1 Å². The van der Waals surface area contributed by atoms with E-state index in [1.54, 1.807) is 4.57 Å². The van der Waals surface area contributed by atoms with E-state index in [9.17, 15) is 27.9 Å². The smallest absolute Gasteiger partial charge is 0.393 e. The Balaban J connectivity index is 1.63. The third kappa shape index (κ3) is 3.99. The Morgan fingerprint density at radius 2 is 1.94 bits per heavy atom. The highest BCUT2D eigenvalue weighted by molar-refractivity contribution is 5.97. The second-order valence-electron chi connectivity index (χ2n) is 9.45. The monoisotopic (exact) mass is 483 g/mol. The third-order valence-electron chi connectivity index (χ3n) is 7.00. The highest BCUT2D eigenvalue weighted by Crippen LogP contribution is 2.47. The topological polar surface area (TPSA) is 83.8 Å². The number of nitrogens with zero attached hydrogens (tertiary/aromatic N) is 2. The Bertz CT molecular complexity index is 1200. The summed E-state index contributed by atoms with van der Waals surface area (Å²) in [6.45, 7) is -0.276. The van der Waals surface area contributed by atoms with Gasteiger partial charge in [0.05, 0.1) is 23.9 Å².